The maximum Gasteiger partial charge on any atom is 0.407 e. The fourth-order valence-electron chi connectivity index (χ4n) is 4.43. The lowest BCUT2D eigenvalue weighted by molar-refractivity contribution is 0.0456. The third-order valence-electron chi connectivity index (χ3n) is 6.42. The third-order valence-corrected chi connectivity index (χ3v) is 9.51. The number of fused-ring (bicyclic) bond motifs is 3. The molecule has 3 aromatic rings. The maximum absolute atomic E-state index is 13.3. The number of alkyl carbamates (subject to hydrolysis) is 1. The fourth-order valence-corrected chi connectivity index (χ4v) is 5.99. The molecule has 9 nitrogen and oxygen atoms in total. The van der Waals surface area contributed by atoms with E-state index in [2.05, 4.69) is 45.9 Å². The molecule has 0 saturated heterocycles. The SMILES string of the molecule is Cn1c(=O)n(C2CC(NC(=O)OC(C)(C)C)C2)c2c3c(Br)c(Cl)n(COCC[Si](C)(C)C)c3ncc21. The zero-order valence-electron chi connectivity index (χ0n) is 21.9. The molecule has 1 amide bonds. The van der Waals surface area contributed by atoms with E-state index >= 15 is 0 Å². The minimum atomic E-state index is -1.21. The van der Waals surface area contributed by atoms with Gasteiger partial charge in [0.25, 0.3) is 0 Å². The Balaban J connectivity index is 1.64. The van der Waals surface area contributed by atoms with Gasteiger partial charge in [0.2, 0.25) is 0 Å². The van der Waals surface area contributed by atoms with Crippen LogP contribution in [-0.2, 0) is 23.3 Å². The number of amides is 1. The predicted octanol–water partition coefficient (Wildman–Crippen LogP) is 5.65. The molecule has 1 aliphatic carbocycles. The number of pyridine rings is 1. The second-order valence-electron chi connectivity index (χ2n) is 11.8. The van der Waals surface area contributed by atoms with Crippen LogP contribution in [0.2, 0.25) is 30.8 Å². The summed E-state index contributed by atoms with van der Waals surface area (Å²) in [6, 6.07) is 0.940. The van der Waals surface area contributed by atoms with Gasteiger partial charge in [0.05, 0.1) is 27.1 Å². The highest BCUT2D eigenvalue weighted by Gasteiger charge is 2.36. The number of hydrogen-bond donors (Lipinski definition) is 1. The number of ether oxygens (including phenoxy) is 2. The van der Waals surface area contributed by atoms with Crippen LogP contribution < -0.4 is 11.0 Å². The van der Waals surface area contributed by atoms with E-state index in [1.54, 1.807) is 17.8 Å². The molecule has 3 heterocycles. The first-order chi connectivity index (χ1) is 16.7. The van der Waals surface area contributed by atoms with E-state index < -0.39 is 19.8 Å². The van der Waals surface area contributed by atoms with Gasteiger partial charge in [-0.3, -0.25) is 13.7 Å². The van der Waals surface area contributed by atoms with Crippen LogP contribution >= 0.6 is 27.5 Å². The maximum atomic E-state index is 13.3. The van der Waals surface area contributed by atoms with Crippen molar-refractivity contribution in [3.8, 4) is 0 Å². The molecule has 1 aliphatic rings. The standard InChI is InChI=1S/C24H35BrClN5O4Si/c1-24(2,3)35-22(32)28-14-10-15(11-14)31-19-16(29(4)23(31)33)12-27-21-17(19)18(25)20(26)30(21)13-34-8-9-36(5,6)7/h12,14-15H,8-11,13H2,1-7H3,(H,28,32). The molecule has 0 unspecified atom stereocenters. The van der Waals surface area contributed by atoms with Gasteiger partial charge in [-0.15, -0.1) is 0 Å². The molecule has 1 N–H and O–H groups in total. The topological polar surface area (TPSA) is 92.3 Å². The second-order valence-corrected chi connectivity index (χ2v) is 18.5. The highest BCUT2D eigenvalue weighted by atomic mass is 79.9. The van der Waals surface area contributed by atoms with Gasteiger partial charge in [-0.1, -0.05) is 31.2 Å². The van der Waals surface area contributed by atoms with Crippen LogP contribution in [0.1, 0.15) is 39.7 Å². The Morgan fingerprint density at radius 1 is 1.31 bits per heavy atom. The fraction of sp³-hybridized carbons (Fsp3) is 0.625. The number of carbonyl (C=O) groups excluding carboxylic acids is 1. The summed E-state index contributed by atoms with van der Waals surface area (Å²) in [5.41, 5.74) is 1.49. The van der Waals surface area contributed by atoms with E-state index in [-0.39, 0.29) is 24.5 Å². The molecule has 1 saturated carbocycles. The van der Waals surface area contributed by atoms with E-state index in [4.69, 9.17) is 21.1 Å². The molecular formula is C24H35BrClN5O4Si. The summed E-state index contributed by atoms with van der Waals surface area (Å²) in [7, 11) is 0.536. The summed E-state index contributed by atoms with van der Waals surface area (Å²) in [5.74, 6) is 0. The van der Waals surface area contributed by atoms with Gasteiger partial charge in [-0.25, -0.2) is 14.6 Å². The molecule has 0 aromatic carbocycles. The van der Waals surface area contributed by atoms with Crippen molar-refractivity contribution < 1.29 is 14.3 Å². The quantitative estimate of drug-likeness (QED) is 0.280. The van der Waals surface area contributed by atoms with Gasteiger partial charge in [0.1, 0.15) is 23.1 Å². The van der Waals surface area contributed by atoms with Gasteiger partial charge in [-0.05, 0) is 55.6 Å². The number of hydrogen-bond acceptors (Lipinski definition) is 5. The Bertz CT molecular complexity index is 1360. The number of imidazole rings is 1. The zero-order valence-corrected chi connectivity index (χ0v) is 25.3. The minimum absolute atomic E-state index is 0.0549. The molecule has 0 atom stereocenters. The first-order valence-electron chi connectivity index (χ1n) is 12.2. The minimum Gasteiger partial charge on any atom is -0.444 e. The van der Waals surface area contributed by atoms with Crippen LogP contribution in [0.5, 0.6) is 0 Å². The summed E-state index contributed by atoms with van der Waals surface area (Å²) in [4.78, 5) is 30.1. The van der Waals surface area contributed by atoms with Gasteiger partial charge in [0.15, 0.2) is 0 Å². The molecule has 36 heavy (non-hydrogen) atoms. The molecule has 0 radical (unpaired) electrons. The molecule has 12 heteroatoms. The molecule has 1 fully saturated rings. The van der Waals surface area contributed by atoms with Crippen molar-refractivity contribution in [2.45, 2.75) is 83.7 Å². The zero-order chi connectivity index (χ0) is 26.6. The third kappa shape index (κ3) is 5.39. The molecule has 3 aromatic heterocycles. The Labute approximate surface area is 225 Å². The molecule has 0 spiro atoms. The number of rotatable bonds is 7. The summed E-state index contributed by atoms with van der Waals surface area (Å²) < 4.78 is 17.3. The molecule has 0 aliphatic heterocycles. The number of aryl methyl sites for hydroxylation is 1. The second kappa shape index (κ2) is 9.81. The summed E-state index contributed by atoms with van der Waals surface area (Å²) in [5, 5.41) is 4.17. The summed E-state index contributed by atoms with van der Waals surface area (Å²) >= 11 is 10.4. The van der Waals surface area contributed by atoms with Crippen molar-refractivity contribution >= 4 is 63.8 Å². The molecular weight excluding hydrogens is 566 g/mol. The van der Waals surface area contributed by atoms with Gasteiger partial charge < -0.3 is 14.8 Å². The number of nitrogens with zero attached hydrogens (tertiary/aromatic N) is 4. The van der Waals surface area contributed by atoms with Gasteiger partial charge in [-0.2, -0.15) is 0 Å². The number of aromatic nitrogens is 4. The van der Waals surface area contributed by atoms with Gasteiger partial charge in [0, 0.05) is 33.8 Å². The molecule has 0 bridgehead atoms. The first kappa shape index (κ1) is 27.2. The van der Waals surface area contributed by atoms with Gasteiger partial charge >= 0.3 is 11.8 Å². The first-order valence-corrected chi connectivity index (χ1v) is 17.1. The normalized spacial score (nSPS) is 18.6. The largest absolute Gasteiger partial charge is 0.444 e. The van der Waals surface area contributed by atoms with Crippen molar-refractivity contribution in [1.29, 1.82) is 0 Å². The van der Waals surface area contributed by atoms with E-state index in [1.165, 1.54) is 0 Å². The molecule has 4 rings (SSSR count). The smallest absolute Gasteiger partial charge is 0.407 e. The van der Waals surface area contributed by atoms with E-state index in [0.29, 0.717) is 34.7 Å². The Kier molecular flexibility index (Phi) is 7.42. The highest BCUT2D eigenvalue weighted by Crippen LogP contribution is 2.41. The summed E-state index contributed by atoms with van der Waals surface area (Å²) in [6.07, 6.45) is 2.54. The Morgan fingerprint density at radius 3 is 2.58 bits per heavy atom. The lowest BCUT2D eigenvalue weighted by Crippen LogP contribution is -2.48. The Morgan fingerprint density at radius 2 is 1.97 bits per heavy atom. The number of carbonyl (C=O) groups is 1. The van der Waals surface area contributed by atoms with Crippen LogP contribution in [-0.4, -0.2) is 51.1 Å². The monoisotopic (exact) mass is 599 g/mol. The predicted molar refractivity (Wildman–Crippen MR) is 149 cm³/mol. The lowest BCUT2D eigenvalue weighted by Gasteiger charge is -2.36. The number of nitrogens with one attached hydrogen (secondary N) is 1. The molecule has 198 valence electrons. The van der Waals surface area contributed by atoms with Crippen LogP contribution in [0, 0.1) is 0 Å². The average molecular weight is 601 g/mol. The number of halogens is 2. The average Bonchev–Trinajstić information content (AvgIpc) is 3.11. The lowest BCUT2D eigenvalue weighted by atomic mass is 9.86. The van der Waals surface area contributed by atoms with E-state index in [9.17, 15) is 9.59 Å². The van der Waals surface area contributed by atoms with Crippen molar-refractivity contribution in [1.82, 2.24) is 24.0 Å². The Hall–Kier alpha value is -1.82. The van der Waals surface area contributed by atoms with E-state index in [1.807, 2.05) is 29.9 Å². The van der Waals surface area contributed by atoms with Crippen LogP contribution in [0.15, 0.2) is 15.5 Å². The van der Waals surface area contributed by atoms with Crippen LogP contribution in [0.25, 0.3) is 22.1 Å². The van der Waals surface area contributed by atoms with Crippen LogP contribution in [0.4, 0.5) is 4.79 Å². The van der Waals surface area contributed by atoms with Crippen LogP contribution in [0.3, 0.4) is 0 Å². The highest BCUT2D eigenvalue weighted by molar-refractivity contribution is 9.10. The van der Waals surface area contributed by atoms with E-state index in [0.717, 1.165) is 22.5 Å². The van der Waals surface area contributed by atoms with Crippen molar-refractivity contribution in [3.63, 3.8) is 0 Å². The summed E-state index contributed by atoms with van der Waals surface area (Å²) in [6.45, 7) is 13.4. The van der Waals surface area contributed by atoms with Crippen molar-refractivity contribution in [2.75, 3.05) is 6.61 Å². The van der Waals surface area contributed by atoms with Crippen molar-refractivity contribution in [3.05, 3.63) is 26.3 Å². The van der Waals surface area contributed by atoms with Crippen molar-refractivity contribution in [2.24, 2.45) is 7.05 Å².